The molecule has 0 bridgehead atoms. The number of hydrogen-bond acceptors (Lipinski definition) is 7. The fourth-order valence-corrected chi connectivity index (χ4v) is 4.57. The Hall–Kier alpha value is -3.56. The van der Waals surface area contributed by atoms with E-state index in [1.807, 2.05) is 29.2 Å². The predicted octanol–water partition coefficient (Wildman–Crippen LogP) is 1.94. The molecule has 2 fully saturated rings. The first kappa shape index (κ1) is 23.2. The van der Waals surface area contributed by atoms with E-state index in [-0.39, 0.29) is 17.9 Å². The molecule has 2 saturated heterocycles. The number of benzene rings is 2. The van der Waals surface area contributed by atoms with Crippen molar-refractivity contribution in [1.82, 2.24) is 24.7 Å². The smallest absolute Gasteiger partial charge is 0.274 e. The van der Waals surface area contributed by atoms with Crippen LogP contribution < -0.4 is 4.74 Å². The topological polar surface area (TPSA) is 88.1 Å². The van der Waals surface area contributed by atoms with Crippen LogP contribution in [0.25, 0.3) is 11.0 Å². The van der Waals surface area contributed by atoms with Crippen molar-refractivity contribution >= 4 is 22.8 Å². The van der Waals surface area contributed by atoms with Crippen LogP contribution in [0, 0.1) is 0 Å². The van der Waals surface area contributed by atoms with Gasteiger partial charge in [0.1, 0.15) is 11.4 Å². The highest BCUT2D eigenvalue weighted by molar-refractivity contribution is 5.94. The van der Waals surface area contributed by atoms with Gasteiger partial charge < -0.3 is 19.3 Å². The van der Waals surface area contributed by atoms with E-state index >= 15 is 0 Å². The fraction of sp³-hybridized carbons (Fsp3) is 0.385. The van der Waals surface area contributed by atoms with Gasteiger partial charge in [-0.05, 0) is 36.4 Å². The van der Waals surface area contributed by atoms with Crippen LogP contribution >= 0.6 is 0 Å². The number of amides is 2. The van der Waals surface area contributed by atoms with E-state index in [4.69, 9.17) is 9.47 Å². The zero-order valence-electron chi connectivity index (χ0n) is 19.8. The number of carbonyl (C=O) groups excluding carboxylic acids is 2. The van der Waals surface area contributed by atoms with Gasteiger partial charge in [-0.2, -0.15) is 0 Å². The molecule has 9 heteroatoms. The third-order valence-electron chi connectivity index (χ3n) is 6.55. The maximum Gasteiger partial charge on any atom is 0.274 e. The average molecular weight is 476 g/mol. The molecule has 3 aromatic rings. The Kier molecular flexibility index (Phi) is 6.87. The molecule has 0 unspecified atom stereocenters. The predicted molar refractivity (Wildman–Crippen MR) is 131 cm³/mol. The van der Waals surface area contributed by atoms with Crippen LogP contribution in [0.2, 0.25) is 0 Å². The van der Waals surface area contributed by atoms with E-state index in [9.17, 15) is 9.59 Å². The lowest BCUT2D eigenvalue weighted by atomic mass is 10.1. The Labute approximate surface area is 204 Å². The molecular formula is C26H29N5O4. The molecule has 0 saturated carbocycles. The number of para-hydroxylation sites is 2. The number of aromatic nitrogens is 2. The lowest BCUT2D eigenvalue weighted by molar-refractivity contribution is -0.0401. The van der Waals surface area contributed by atoms with Gasteiger partial charge in [0.05, 0.1) is 37.1 Å². The van der Waals surface area contributed by atoms with Gasteiger partial charge in [0.25, 0.3) is 11.8 Å². The zero-order chi connectivity index (χ0) is 24.2. The van der Waals surface area contributed by atoms with Gasteiger partial charge >= 0.3 is 0 Å². The number of piperazine rings is 1. The molecule has 1 atom stereocenters. The number of nitrogens with zero attached hydrogens (tertiary/aromatic N) is 5. The van der Waals surface area contributed by atoms with Gasteiger partial charge in [0, 0.05) is 51.4 Å². The molecule has 2 aromatic carbocycles. The van der Waals surface area contributed by atoms with Crippen molar-refractivity contribution in [3.63, 3.8) is 0 Å². The van der Waals surface area contributed by atoms with E-state index in [1.165, 1.54) is 0 Å². The normalized spacial score (nSPS) is 19.1. The molecule has 182 valence electrons. The summed E-state index contributed by atoms with van der Waals surface area (Å²) < 4.78 is 11.1. The Morgan fingerprint density at radius 2 is 1.69 bits per heavy atom. The summed E-state index contributed by atoms with van der Waals surface area (Å²) in [5.74, 6) is 0.653. The minimum atomic E-state index is -0.119. The average Bonchev–Trinajstić information content (AvgIpc) is 2.92. The van der Waals surface area contributed by atoms with Gasteiger partial charge in [-0.3, -0.25) is 19.5 Å². The lowest BCUT2D eigenvalue weighted by Crippen LogP contribution is -2.54. The Morgan fingerprint density at radius 1 is 0.943 bits per heavy atom. The molecule has 0 spiro atoms. The van der Waals surface area contributed by atoms with Crippen molar-refractivity contribution < 1.29 is 19.1 Å². The summed E-state index contributed by atoms with van der Waals surface area (Å²) in [5, 5.41) is 0. The van der Waals surface area contributed by atoms with Crippen LogP contribution in [-0.4, -0.2) is 102 Å². The summed E-state index contributed by atoms with van der Waals surface area (Å²) >= 11 is 0. The third-order valence-corrected chi connectivity index (χ3v) is 6.55. The van der Waals surface area contributed by atoms with Crippen LogP contribution in [0.15, 0.2) is 54.7 Å². The Balaban J connectivity index is 1.14. The summed E-state index contributed by atoms with van der Waals surface area (Å²) in [5.41, 5.74) is 2.51. The van der Waals surface area contributed by atoms with Gasteiger partial charge in [0.2, 0.25) is 0 Å². The summed E-state index contributed by atoms with van der Waals surface area (Å²) in [6.07, 6.45) is 1.47. The van der Waals surface area contributed by atoms with E-state index < -0.39 is 0 Å². The summed E-state index contributed by atoms with van der Waals surface area (Å²) in [6.45, 7) is 5.12. The number of hydrogen-bond donors (Lipinski definition) is 0. The fourth-order valence-electron chi connectivity index (χ4n) is 4.57. The first-order valence-corrected chi connectivity index (χ1v) is 11.9. The third kappa shape index (κ3) is 5.26. The standard InChI is InChI=1S/C26H29N5O4/c1-34-20-8-6-19(7-9-20)25(32)30-12-10-29(11-13-30)17-21-18-31(14-15-35-21)26(33)24-16-27-22-4-2-3-5-23(22)28-24/h2-9,16,21H,10-15,17-18H2,1H3/t21-/m0/s1. The van der Waals surface area contributed by atoms with Gasteiger partial charge in [-0.15, -0.1) is 0 Å². The van der Waals surface area contributed by atoms with Crippen LogP contribution in [0.4, 0.5) is 0 Å². The Morgan fingerprint density at radius 3 is 2.43 bits per heavy atom. The highest BCUT2D eigenvalue weighted by Crippen LogP contribution is 2.16. The first-order chi connectivity index (χ1) is 17.1. The van der Waals surface area contributed by atoms with Gasteiger partial charge in [0.15, 0.2) is 0 Å². The van der Waals surface area contributed by atoms with Gasteiger partial charge in [-0.1, -0.05) is 12.1 Å². The number of ether oxygens (including phenoxy) is 2. The Bertz CT molecular complexity index is 1190. The van der Waals surface area contributed by atoms with Crippen LogP contribution in [0.5, 0.6) is 5.75 Å². The molecule has 2 aliphatic heterocycles. The second-order valence-electron chi connectivity index (χ2n) is 8.81. The SMILES string of the molecule is COc1ccc(C(=O)N2CCN(C[C@H]3CN(C(=O)c4cnc5ccccc5n4)CCO3)CC2)cc1. The molecule has 35 heavy (non-hydrogen) atoms. The first-order valence-electron chi connectivity index (χ1n) is 11.9. The number of carbonyl (C=O) groups is 2. The molecule has 9 nitrogen and oxygen atoms in total. The maximum atomic E-state index is 13.1. The van der Waals surface area contributed by atoms with E-state index in [0.717, 1.165) is 30.9 Å². The number of methoxy groups -OCH3 is 1. The van der Waals surface area contributed by atoms with Crippen molar-refractivity contribution in [2.24, 2.45) is 0 Å². The van der Waals surface area contributed by atoms with Gasteiger partial charge in [-0.25, -0.2) is 4.98 Å². The number of morpholine rings is 1. The molecule has 0 aliphatic carbocycles. The van der Waals surface area contributed by atoms with Crippen molar-refractivity contribution in [1.29, 1.82) is 0 Å². The molecule has 2 aliphatic rings. The molecule has 0 N–H and O–H groups in total. The van der Waals surface area contributed by atoms with Crippen LogP contribution in [0.1, 0.15) is 20.8 Å². The molecule has 3 heterocycles. The monoisotopic (exact) mass is 475 g/mol. The van der Waals surface area contributed by atoms with Crippen molar-refractivity contribution in [2.75, 3.05) is 59.5 Å². The lowest BCUT2D eigenvalue weighted by Gasteiger charge is -2.39. The number of rotatable bonds is 5. The highest BCUT2D eigenvalue weighted by atomic mass is 16.5. The zero-order valence-corrected chi connectivity index (χ0v) is 19.8. The van der Waals surface area contributed by atoms with Crippen molar-refractivity contribution in [3.05, 3.63) is 66.0 Å². The second-order valence-corrected chi connectivity index (χ2v) is 8.81. The molecule has 1 aromatic heterocycles. The van der Waals surface area contributed by atoms with Crippen LogP contribution in [-0.2, 0) is 4.74 Å². The molecule has 2 amide bonds. The van der Waals surface area contributed by atoms with E-state index in [2.05, 4.69) is 14.9 Å². The van der Waals surface area contributed by atoms with E-state index in [0.29, 0.717) is 49.6 Å². The highest BCUT2D eigenvalue weighted by Gasteiger charge is 2.29. The minimum absolute atomic E-state index is 0.0366. The minimum Gasteiger partial charge on any atom is -0.497 e. The molecule has 5 rings (SSSR count). The largest absolute Gasteiger partial charge is 0.497 e. The summed E-state index contributed by atoms with van der Waals surface area (Å²) in [7, 11) is 1.61. The van der Waals surface area contributed by atoms with Crippen LogP contribution in [0.3, 0.4) is 0 Å². The second kappa shape index (κ2) is 10.4. The molecule has 0 radical (unpaired) electrons. The summed E-state index contributed by atoms with van der Waals surface area (Å²) in [4.78, 5) is 40.8. The maximum absolute atomic E-state index is 13.1. The molecular weight excluding hydrogens is 446 g/mol. The number of fused-ring (bicyclic) bond motifs is 1. The van der Waals surface area contributed by atoms with E-state index in [1.54, 1.807) is 42.5 Å². The van der Waals surface area contributed by atoms with Crippen molar-refractivity contribution in [3.8, 4) is 5.75 Å². The summed E-state index contributed by atoms with van der Waals surface area (Å²) in [6, 6.07) is 14.7. The van der Waals surface area contributed by atoms with Crippen molar-refractivity contribution in [2.45, 2.75) is 6.10 Å². The quantitative estimate of drug-likeness (QED) is 0.557.